The third-order valence-corrected chi connectivity index (χ3v) is 10.6. The van der Waals surface area contributed by atoms with Crippen LogP contribution in [0.5, 0.6) is 0 Å². The molecule has 6 nitrogen and oxygen atoms in total. The molecule has 3 fully saturated rings. The Bertz CT molecular complexity index is 992. The van der Waals surface area contributed by atoms with Crippen molar-refractivity contribution in [1.29, 1.82) is 0 Å². The lowest BCUT2D eigenvalue weighted by atomic mass is 9.44. The number of rotatable bonds is 5. The fraction of sp³-hybridized carbons (Fsp3) is 0.667. The van der Waals surface area contributed by atoms with Gasteiger partial charge in [-0.25, -0.2) is 0 Å². The standard InChI is InChI=1S/C27H38N2O4S.ClH/c1-6-25(4)12-21(33-22(31)15-34-19-11-18(28)13-29-14-19)26(5)16(2)7-9-27(17(3)24(25)32)10-8-20(30)23(26)27;/h6,11,13-14,16-17,21,23-24,32H,1,7-10,12,15,28H2,2-5H3;1H/t16-,17+,21-,23?,24+,25-,26+,27+;/m1./s1. The zero-order chi connectivity index (χ0) is 24.9. The number of anilines is 1. The zero-order valence-corrected chi connectivity index (χ0v) is 22.8. The molecule has 2 bridgehead atoms. The number of pyridine rings is 1. The number of halogens is 1. The lowest BCUT2D eigenvalue weighted by Gasteiger charge is -2.61. The number of aliphatic hydroxyl groups excluding tert-OH is 1. The minimum absolute atomic E-state index is 0. The molecule has 3 N–H and O–H groups in total. The number of carbonyl (C=O) groups excluding carboxylic acids is 2. The highest BCUT2D eigenvalue weighted by Gasteiger charge is 2.68. The van der Waals surface area contributed by atoms with Gasteiger partial charge in [-0.05, 0) is 49.0 Å². The maximum atomic E-state index is 13.4. The van der Waals surface area contributed by atoms with Crippen LogP contribution in [0.3, 0.4) is 0 Å². The highest BCUT2D eigenvalue weighted by Crippen LogP contribution is 2.68. The molecule has 1 aromatic heterocycles. The number of ketones is 1. The monoisotopic (exact) mass is 522 g/mol. The first-order valence-corrected chi connectivity index (χ1v) is 13.3. The quantitative estimate of drug-likeness (QED) is 0.315. The fourth-order valence-electron chi connectivity index (χ4n) is 7.35. The van der Waals surface area contributed by atoms with Crippen LogP contribution in [0.1, 0.15) is 59.8 Å². The van der Waals surface area contributed by atoms with Crippen molar-refractivity contribution >= 4 is 41.6 Å². The highest BCUT2D eigenvalue weighted by molar-refractivity contribution is 8.00. The fourth-order valence-corrected chi connectivity index (χ4v) is 8.06. The van der Waals surface area contributed by atoms with E-state index in [1.165, 1.54) is 11.8 Å². The first-order chi connectivity index (χ1) is 16.0. The van der Waals surface area contributed by atoms with Crippen LogP contribution in [0, 0.1) is 34.0 Å². The molecule has 0 aliphatic heterocycles. The molecule has 0 amide bonds. The van der Waals surface area contributed by atoms with Gasteiger partial charge in [0.1, 0.15) is 11.9 Å². The summed E-state index contributed by atoms with van der Waals surface area (Å²) in [5.41, 5.74) is 4.96. The van der Waals surface area contributed by atoms with E-state index in [0.29, 0.717) is 18.5 Å². The minimum atomic E-state index is -0.662. The molecule has 35 heavy (non-hydrogen) atoms. The Balaban J connectivity index is 0.00000342. The summed E-state index contributed by atoms with van der Waals surface area (Å²) in [5, 5.41) is 11.6. The number of aromatic nitrogens is 1. The maximum Gasteiger partial charge on any atom is 0.316 e. The van der Waals surface area contributed by atoms with E-state index in [1.807, 2.05) is 13.0 Å². The normalized spacial score (nSPS) is 40.6. The molecule has 3 aliphatic rings. The summed E-state index contributed by atoms with van der Waals surface area (Å²) in [7, 11) is 0. The van der Waals surface area contributed by atoms with Gasteiger partial charge in [-0.1, -0.05) is 33.8 Å². The van der Waals surface area contributed by atoms with E-state index in [4.69, 9.17) is 10.5 Å². The van der Waals surface area contributed by atoms with E-state index in [2.05, 4.69) is 32.3 Å². The number of nitrogens with zero attached hydrogens (tertiary/aromatic N) is 1. The van der Waals surface area contributed by atoms with Crippen molar-refractivity contribution in [3.63, 3.8) is 0 Å². The van der Waals surface area contributed by atoms with Crippen LogP contribution in [0.4, 0.5) is 5.69 Å². The third-order valence-electron chi connectivity index (χ3n) is 9.67. The van der Waals surface area contributed by atoms with Gasteiger partial charge >= 0.3 is 5.97 Å². The van der Waals surface area contributed by atoms with E-state index < -0.39 is 23.0 Å². The molecular formula is C27H39ClN2O4S. The van der Waals surface area contributed by atoms with Crippen LogP contribution in [0.2, 0.25) is 0 Å². The van der Waals surface area contributed by atoms with Crippen LogP contribution < -0.4 is 5.73 Å². The maximum absolute atomic E-state index is 13.4. The number of nitrogens with two attached hydrogens (primary N) is 1. The average Bonchev–Trinajstić information content (AvgIpc) is 3.16. The number of esters is 1. The first-order valence-electron chi connectivity index (χ1n) is 12.3. The Hall–Kier alpha value is -1.57. The van der Waals surface area contributed by atoms with Gasteiger partial charge in [-0.3, -0.25) is 14.6 Å². The van der Waals surface area contributed by atoms with Crippen LogP contribution in [0.25, 0.3) is 0 Å². The van der Waals surface area contributed by atoms with E-state index in [1.54, 1.807) is 18.5 Å². The summed E-state index contributed by atoms with van der Waals surface area (Å²) in [6.07, 6.45) is 7.55. The molecule has 1 aromatic rings. The van der Waals surface area contributed by atoms with E-state index in [9.17, 15) is 14.7 Å². The Morgan fingerprint density at radius 3 is 2.71 bits per heavy atom. The SMILES string of the molecule is C=C[C@]1(C)C[C@@H](OC(=O)CSc2cncc(N)c2)[C@@]2(C)C3C(=O)CC[C@@]3(CC[C@H]2C)[C@@H](C)[C@@H]1O.Cl. The summed E-state index contributed by atoms with van der Waals surface area (Å²) in [5.74, 6) is 0.0132. The van der Waals surface area contributed by atoms with E-state index in [0.717, 1.165) is 24.2 Å². The predicted molar refractivity (Wildman–Crippen MR) is 141 cm³/mol. The van der Waals surface area contributed by atoms with Crippen molar-refractivity contribution < 1.29 is 19.4 Å². The predicted octanol–water partition coefficient (Wildman–Crippen LogP) is 5.08. The summed E-state index contributed by atoms with van der Waals surface area (Å²) in [6, 6.07) is 1.78. The molecular weight excluding hydrogens is 484 g/mol. The number of aliphatic hydroxyl groups is 1. The van der Waals surface area contributed by atoms with Crippen molar-refractivity contribution in [2.24, 2.45) is 34.0 Å². The molecule has 3 aliphatic carbocycles. The topological polar surface area (TPSA) is 103 Å². The molecule has 0 saturated heterocycles. The lowest BCUT2D eigenvalue weighted by molar-refractivity contribution is -0.205. The van der Waals surface area contributed by atoms with Gasteiger partial charge in [0, 0.05) is 40.5 Å². The van der Waals surface area contributed by atoms with Gasteiger partial charge in [-0.2, -0.15) is 0 Å². The van der Waals surface area contributed by atoms with Gasteiger partial charge in [0.25, 0.3) is 0 Å². The van der Waals surface area contributed by atoms with Gasteiger partial charge in [0.05, 0.1) is 17.5 Å². The van der Waals surface area contributed by atoms with Gasteiger partial charge in [0.2, 0.25) is 0 Å². The average molecular weight is 523 g/mol. The molecule has 194 valence electrons. The summed E-state index contributed by atoms with van der Waals surface area (Å²) < 4.78 is 6.25. The second-order valence-corrected chi connectivity index (χ2v) is 12.4. The van der Waals surface area contributed by atoms with Crippen LogP contribution in [0.15, 0.2) is 36.0 Å². The Morgan fingerprint density at radius 2 is 2.06 bits per heavy atom. The number of thioether (sulfide) groups is 1. The molecule has 0 radical (unpaired) electrons. The summed E-state index contributed by atoms with van der Waals surface area (Å²) in [6.45, 7) is 12.5. The van der Waals surface area contributed by atoms with Crippen molar-refractivity contribution in [2.45, 2.75) is 76.9 Å². The first kappa shape index (κ1) is 28.0. The molecule has 3 saturated carbocycles. The Labute approximate surface area is 219 Å². The van der Waals surface area contributed by atoms with Gasteiger partial charge in [-0.15, -0.1) is 30.7 Å². The van der Waals surface area contributed by atoms with Crippen molar-refractivity contribution in [2.75, 3.05) is 11.5 Å². The Morgan fingerprint density at radius 1 is 1.34 bits per heavy atom. The van der Waals surface area contributed by atoms with Gasteiger partial charge in [0.15, 0.2) is 0 Å². The second kappa shape index (κ2) is 10.1. The van der Waals surface area contributed by atoms with Crippen LogP contribution in [-0.4, -0.2) is 39.8 Å². The number of nitrogen functional groups attached to an aromatic ring is 1. The zero-order valence-electron chi connectivity index (χ0n) is 21.2. The highest BCUT2D eigenvalue weighted by atomic mass is 35.5. The second-order valence-electron chi connectivity index (χ2n) is 11.3. The largest absolute Gasteiger partial charge is 0.461 e. The van der Waals surface area contributed by atoms with E-state index in [-0.39, 0.29) is 53.1 Å². The smallest absolute Gasteiger partial charge is 0.316 e. The number of Topliss-reactive ketones (excluding diaryl/α,β-unsaturated/α-hetero) is 1. The molecule has 1 unspecified atom stereocenters. The number of hydrogen-bond donors (Lipinski definition) is 2. The number of hydrogen-bond acceptors (Lipinski definition) is 7. The van der Waals surface area contributed by atoms with Crippen LogP contribution >= 0.6 is 24.2 Å². The molecule has 1 heterocycles. The lowest BCUT2D eigenvalue weighted by Crippen LogP contribution is -2.63. The number of carbonyl (C=O) groups is 2. The summed E-state index contributed by atoms with van der Waals surface area (Å²) >= 11 is 1.34. The molecule has 8 atom stereocenters. The summed E-state index contributed by atoms with van der Waals surface area (Å²) in [4.78, 5) is 31.4. The van der Waals surface area contributed by atoms with Crippen molar-refractivity contribution in [3.8, 4) is 0 Å². The molecule has 0 aromatic carbocycles. The molecule has 4 rings (SSSR count). The third kappa shape index (κ3) is 4.53. The van der Waals surface area contributed by atoms with Crippen LogP contribution in [-0.2, 0) is 14.3 Å². The minimum Gasteiger partial charge on any atom is -0.461 e. The van der Waals surface area contributed by atoms with Crippen molar-refractivity contribution in [1.82, 2.24) is 4.98 Å². The Kier molecular flexibility index (Phi) is 8.05. The van der Waals surface area contributed by atoms with Gasteiger partial charge < -0.3 is 15.6 Å². The molecule has 0 spiro atoms. The number of ether oxygens (including phenoxy) is 1. The van der Waals surface area contributed by atoms with E-state index >= 15 is 0 Å². The molecule has 8 heteroatoms. The van der Waals surface area contributed by atoms with Crippen molar-refractivity contribution in [3.05, 3.63) is 31.1 Å².